The monoisotopic (exact) mass is 548 g/mol. The number of guanidine groups is 1. The van der Waals surface area contributed by atoms with E-state index >= 15 is 0 Å². The number of hydrogen-bond donors (Lipinski definition) is 3. The van der Waals surface area contributed by atoms with Crippen LogP contribution >= 0.6 is 35.3 Å². The number of nitrogens with one attached hydrogen (secondary N) is 2. The van der Waals surface area contributed by atoms with Gasteiger partial charge in [-0.3, -0.25) is 9.89 Å². The summed E-state index contributed by atoms with van der Waals surface area (Å²) in [5, 5.41) is 18.8. The quantitative estimate of drug-likeness (QED) is 0.242. The molecule has 2 fully saturated rings. The third-order valence-electron chi connectivity index (χ3n) is 6.70. The number of nitrogens with zero attached hydrogens (tertiary/aromatic N) is 2. The lowest BCUT2D eigenvalue weighted by Gasteiger charge is -2.36. The Bertz CT molecular complexity index is 591. The maximum absolute atomic E-state index is 9.54. The Balaban J connectivity index is 0.00000320. The molecular formula is C23H41IN4OS. The fraction of sp³-hybridized carbons (Fsp3) is 0.783. The summed E-state index contributed by atoms with van der Waals surface area (Å²) < 4.78 is 0. The molecule has 5 nitrogen and oxygen atoms in total. The number of halogens is 1. The van der Waals surface area contributed by atoms with Gasteiger partial charge in [0.15, 0.2) is 5.96 Å². The number of hydrogen-bond acceptors (Lipinski definition) is 4. The van der Waals surface area contributed by atoms with Gasteiger partial charge in [-0.2, -0.15) is 0 Å². The van der Waals surface area contributed by atoms with Gasteiger partial charge in [-0.15, -0.1) is 35.3 Å². The van der Waals surface area contributed by atoms with Crippen molar-refractivity contribution < 1.29 is 5.11 Å². The second kappa shape index (κ2) is 13.9. The maximum Gasteiger partial charge on any atom is 0.191 e. The van der Waals surface area contributed by atoms with Gasteiger partial charge in [0.1, 0.15) is 0 Å². The SMILES string of the molecule is CCNC(=NCC1(CCO)CCCCC1)NCC1CCN(Cc2cccs2)CC1.I. The van der Waals surface area contributed by atoms with Gasteiger partial charge in [-0.1, -0.05) is 25.3 Å². The molecule has 0 amide bonds. The van der Waals surface area contributed by atoms with E-state index in [0.717, 1.165) is 44.5 Å². The fourth-order valence-electron chi connectivity index (χ4n) is 4.83. The van der Waals surface area contributed by atoms with Crippen molar-refractivity contribution in [3.8, 4) is 0 Å². The first-order valence-corrected chi connectivity index (χ1v) is 12.5. The van der Waals surface area contributed by atoms with Gasteiger partial charge in [0, 0.05) is 37.7 Å². The van der Waals surface area contributed by atoms with Crippen LogP contribution in [0.1, 0.15) is 63.2 Å². The van der Waals surface area contributed by atoms with Crippen LogP contribution in [0.15, 0.2) is 22.5 Å². The number of aliphatic hydroxyl groups is 1. The van der Waals surface area contributed by atoms with E-state index in [-0.39, 0.29) is 36.0 Å². The van der Waals surface area contributed by atoms with Crippen LogP contribution in [0.4, 0.5) is 0 Å². The van der Waals surface area contributed by atoms with E-state index in [2.05, 4.69) is 40.0 Å². The summed E-state index contributed by atoms with van der Waals surface area (Å²) in [7, 11) is 0. The lowest BCUT2D eigenvalue weighted by molar-refractivity contribution is 0.137. The maximum atomic E-state index is 9.54. The molecule has 0 aromatic carbocycles. The first-order valence-electron chi connectivity index (χ1n) is 11.6. The van der Waals surface area contributed by atoms with Crippen molar-refractivity contribution in [3.05, 3.63) is 22.4 Å². The Kier molecular flexibility index (Phi) is 12.0. The predicted octanol–water partition coefficient (Wildman–Crippen LogP) is 4.47. The van der Waals surface area contributed by atoms with E-state index in [9.17, 15) is 5.11 Å². The van der Waals surface area contributed by atoms with Crippen molar-refractivity contribution in [2.24, 2.45) is 16.3 Å². The van der Waals surface area contributed by atoms with Crippen LogP contribution in [-0.4, -0.2) is 55.3 Å². The Morgan fingerprint density at radius 1 is 1.23 bits per heavy atom. The molecule has 1 aromatic rings. The van der Waals surface area contributed by atoms with E-state index in [4.69, 9.17) is 4.99 Å². The van der Waals surface area contributed by atoms with Crippen molar-refractivity contribution in [2.45, 2.75) is 64.8 Å². The van der Waals surface area contributed by atoms with Crippen LogP contribution in [0.5, 0.6) is 0 Å². The predicted molar refractivity (Wildman–Crippen MR) is 139 cm³/mol. The van der Waals surface area contributed by atoms with Crippen molar-refractivity contribution in [3.63, 3.8) is 0 Å². The number of aliphatic imine (C=N–C) groups is 1. The highest BCUT2D eigenvalue weighted by Gasteiger charge is 2.31. The lowest BCUT2D eigenvalue weighted by Crippen LogP contribution is -2.43. The van der Waals surface area contributed by atoms with Gasteiger partial charge >= 0.3 is 0 Å². The van der Waals surface area contributed by atoms with Crippen molar-refractivity contribution in [2.75, 3.05) is 39.3 Å². The van der Waals surface area contributed by atoms with Crippen LogP contribution in [0.3, 0.4) is 0 Å². The van der Waals surface area contributed by atoms with Gasteiger partial charge < -0.3 is 15.7 Å². The molecule has 30 heavy (non-hydrogen) atoms. The zero-order chi connectivity index (χ0) is 20.4. The van der Waals surface area contributed by atoms with Gasteiger partial charge in [0.05, 0.1) is 0 Å². The number of thiophene rings is 1. The number of likely N-dealkylation sites (tertiary alicyclic amines) is 1. The highest BCUT2D eigenvalue weighted by atomic mass is 127. The van der Waals surface area contributed by atoms with Crippen LogP contribution in [0.25, 0.3) is 0 Å². The molecule has 2 heterocycles. The Labute approximate surface area is 204 Å². The molecule has 1 aliphatic heterocycles. The molecule has 1 saturated carbocycles. The van der Waals surface area contributed by atoms with Crippen LogP contribution < -0.4 is 10.6 Å². The highest BCUT2D eigenvalue weighted by Crippen LogP contribution is 2.39. The zero-order valence-corrected chi connectivity index (χ0v) is 21.7. The first kappa shape index (κ1) is 25.9. The Morgan fingerprint density at radius 3 is 2.63 bits per heavy atom. The standard InChI is InChI=1S/C23H40N4OS.HI/c1-2-24-22(26-19-23(12-15-28)10-4-3-5-11-23)25-17-20-8-13-27(14-9-20)18-21-7-6-16-29-21;/h6-7,16,20,28H,2-5,8-15,17-19H2,1H3,(H2,24,25,26);1H. The second-order valence-electron chi connectivity index (χ2n) is 8.91. The van der Waals surface area contributed by atoms with E-state index in [1.54, 1.807) is 0 Å². The molecular weight excluding hydrogens is 507 g/mol. The normalized spacial score (nSPS) is 20.5. The average Bonchev–Trinajstić information content (AvgIpc) is 3.25. The molecule has 0 unspecified atom stereocenters. The minimum Gasteiger partial charge on any atom is -0.396 e. The largest absolute Gasteiger partial charge is 0.396 e. The van der Waals surface area contributed by atoms with Crippen molar-refractivity contribution in [1.29, 1.82) is 0 Å². The Hall–Kier alpha value is -0.380. The van der Waals surface area contributed by atoms with E-state index < -0.39 is 0 Å². The fourth-order valence-corrected chi connectivity index (χ4v) is 5.57. The van der Waals surface area contributed by atoms with Crippen LogP contribution in [0, 0.1) is 11.3 Å². The van der Waals surface area contributed by atoms with Gasteiger partial charge in [-0.05, 0) is 74.9 Å². The molecule has 3 rings (SSSR count). The molecule has 2 aliphatic rings. The van der Waals surface area contributed by atoms with Crippen LogP contribution in [0.2, 0.25) is 0 Å². The topological polar surface area (TPSA) is 59.9 Å². The summed E-state index contributed by atoms with van der Waals surface area (Å²) in [4.78, 5) is 9.01. The minimum atomic E-state index is 0. The second-order valence-corrected chi connectivity index (χ2v) is 9.94. The molecule has 1 saturated heterocycles. The van der Waals surface area contributed by atoms with Gasteiger partial charge in [0.25, 0.3) is 0 Å². The number of aliphatic hydroxyl groups excluding tert-OH is 1. The molecule has 0 radical (unpaired) electrons. The Morgan fingerprint density at radius 2 is 2.00 bits per heavy atom. The molecule has 0 bridgehead atoms. The average molecular weight is 549 g/mol. The molecule has 172 valence electrons. The smallest absolute Gasteiger partial charge is 0.191 e. The molecule has 3 N–H and O–H groups in total. The summed E-state index contributed by atoms with van der Waals surface area (Å²) in [5.41, 5.74) is 0.211. The third-order valence-corrected chi connectivity index (χ3v) is 7.56. The van der Waals surface area contributed by atoms with E-state index in [0.29, 0.717) is 0 Å². The third kappa shape index (κ3) is 8.28. The van der Waals surface area contributed by atoms with E-state index in [1.807, 2.05) is 11.3 Å². The summed E-state index contributed by atoms with van der Waals surface area (Å²) in [5.74, 6) is 1.68. The van der Waals surface area contributed by atoms with Crippen LogP contribution in [-0.2, 0) is 6.54 Å². The first-order chi connectivity index (χ1) is 14.2. The summed E-state index contributed by atoms with van der Waals surface area (Å²) in [6, 6.07) is 4.39. The molecule has 0 atom stereocenters. The van der Waals surface area contributed by atoms with Gasteiger partial charge in [0.2, 0.25) is 0 Å². The molecule has 1 aliphatic carbocycles. The summed E-state index contributed by atoms with van der Waals surface area (Å²) in [6.45, 7) is 8.63. The van der Waals surface area contributed by atoms with Crippen molar-refractivity contribution >= 4 is 41.3 Å². The zero-order valence-electron chi connectivity index (χ0n) is 18.6. The highest BCUT2D eigenvalue weighted by molar-refractivity contribution is 14.0. The molecule has 7 heteroatoms. The lowest BCUT2D eigenvalue weighted by atomic mass is 9.72. The summed E-state index contributed by atoms with van der Waals surface area (Å²) in [6.07, 6.45) is 9.71. The summed E-state index contributed by atoms with van der Waals surface area (Å²) >= 11 is 1.86. The number of rotatable bonds is 9. The van der Waals surface area contributed by atoms with Crippen molar-refractivity contribution in [1.82, 2.24) is 15.5 Å². The minimum absolute atomic E-state index is 0. The van der Waals surface area contributed by atoms with E-state index in [1.165, 1.54) is 62.9 Å². The van der Waals surface area contributed by atoms with Gasteiger partial charge in [-0.25, -0.2) is 0 Å². The number of piperidine rings is 1. The molecule has 1 aromatic heterocycles. The molecule has 0 spiro atoms.